The number of sulfonamides is 1. The Morgan fingerprint density at radius 1 is 1.02 bits per heavy atom. The van der Waals surface area contributed by atoms with Gasteiger partial charge in [0.05, 0.1) is 28.9 Å². The molecule has 2 aromatic carbocycles. The summed E-state index contributed by atoms with van der Waals surface area (Å²) < 4.78 is 57.5. The van der Waals surface area contributed by atoms with E-state index >= 15 is 4.39 Å². The summed E-state index contributed by atoms with van der Waals surface area (Å²) in [5.74, 6) is -0.417. The van der Waals surface area contributed by atoms with E-state index in [0.29, 0.717) is 35.4 Å². The maximum Gasteiger partial charge on any atom is 0.264 e. The Kier molecular flexibility index (Phi) is 7.93. The average Bonchev–Trinajstić information content (AvgIpc) is 3.64. The highest BCUT2D eigenvalue weighted by Gasteiger charge is 2.42. The molecule has 1 amide bonds. The van der Waals surface area contributed by atoms with Gasteiger partial charge in [-0.05, 0) is 67.9 Å². The fourth-order valence-corrected chi connectivity index (χ4v) is 7.30. The summed E-state index contributed by atoms with van der Waals surface area (Å²) in [5, 5.41) is 0. The van der Waals surface area contributed by atoms with E-state index in [2.05, 4.69) is 26.6 Å². The van der Waals surface area contributed by atoms with E-state index in [1.807, 2.05) is 39.0 Å². The van der Waals surface area contributed by atoms with E-state index in [0.717, 1.165) is 29.5 Å². The molecule has 2 aliphatic rings. The summed E-state index contributed by atoms with van der Waals surface area (Å²) in [5.41, 5.74) is 4.21. The second-order valence-electron chi connectivity index (χ2n) is 13.1. The Morgan fingerprint density at radius 2 is 1.77 bits per heavy atom. The number of amides is 1. The van der Waals surface area contributed by atoms with Crippen molar-refractivity contribution in [1.29, 1.82) is 0 Å². The van der Waals surface area contributed by atoms with Crippen LogP contribution < -0.4 is 9.46 Å². The molecule has 0 saturated heterocycles. The van der Waals surface area contributed by atoms with Crippen LogP contribution in [0.25, 0.3) is 22.4 Å². The van der Waals surface area contributed by atoms with E-state index in [1.54, 1.807) is 23.1 Å². The highest BCUT2D eigenvalue weighted by atomic mass is 32.2. The van der Waals surface area contributed by atoms with Gasteiger partial charge in [0.15, 0.2) is 5.58 Å². The van der Waals surface area contributed by atoms with Gasteiger partial charge in [-0.15, -0.1) is 0 Å². The molecule has 1 fully saturated rings. The first-order chi connectivity index (χ1) is 22.9. The third kappa shape index (κ3) is 6.24. The van der Waals surface area contributed by atoms with Gasteiger partial charge in [0.25, 0.3) is 15.9 Å². The van der Waals surface area contributed by atoms with Crippen molar-refractivity contribution in [3.8, 4) is 17.1 Å². The quantitative estimate of drug-likeness (QED) is 0.205. The number of aryl methyl sites for hydroxylation is 3. The third-order valence-electron chi connectivity index (χ3n) is 9.26. The number of hydrogen-bond acceptors (Lipinski definition) is 8. The molecule has 1 aliphatic heterocycles. The first-order valence-electron chi connectivity index (χ1n) is 16.0. The van der Waals surface area contributed by atoms with Crippen LogP contribution >= 0.6 is 0 Å². The number of nitrogens with one attached hydrogen (secondary N) is 1. The van der Waals surface area contributed by atoms with E-state index in [4.69, 9.17) is 9.15 Å². The van der Waals surface area contributed by atoms with Gasteiger partial charge in [-0.1, -0.05) is 38.1 Å². The zero-order chi connectivity index (χ0) is 33.8. The fourth-order valence-electron chi connectivity index (χ4n) is 6.31. The molecular weight excluding hydrogens is 633 g/mol. The number of nitrogens with zero attached hydrogens (tertiary/aromatic N) is 4. The predicted octanol–water partition coefficient (Wildman–Crippen LogP) is 7.00. The van der Waals surface area contributed by atoms with Gasteiger partial charge in [0.1, 0.15) is 23.7 Å². The lowest BCUT2D eigenvalue weighted by atomic mass is 9.97. The van der Waals surface area contributed by atoms with Crippen LogP contribution in [0.3, 0.4) is 0 Å². The van der Waals surface area contributed by atoms with Crippen molar-refractivity contribution >= 4 is 33.0 Å². The Morgan fingerprint density at radius 3 is 2.50 bits per heavy atom. The van der Waals surface area contributed by atoms with Crippen LogP contribution in [0.5, 0.6) is 5.88 Å². The number of furan rings is 1. The van der Waals surface area contributed by atoms with Gasteiger partial charge in [0, 0.05) is 35.7 Å². The van der Waals surface area contributed by atoms with Crippen molar-refractivity contribution < 1.29 is 26.8 Å². The molecule has 48 heavy (non-hydrogen) atoms. The summed E-state index contributed by atoms with van der Waals surface area (Å²) >= 11 is 0. The molecule has 0 unspecified atom stereocenters. The third-order valence-corrected chi connectivity index (χ3v) is 10.6. The van der Waals surface area contributed by atoms with Gasteiger partial charge in [0.2, 0.25) is 11.8 Å². The zero-order valence-electron chi connectivity index (χ0n) is 27.2. The number of hydrogen-bond donors (Lipinski definition) is 1. The topological polar surface area (TPSA) is 128 Å². The monoisotopic (exact) mass is 669 g/mol. The van der Waals surface area contributed by atoms with Crippen LogP contribution in [0.4, 0.5) is 10.3 Å². The van der Waals surface area contributed by atoms with E-state index in [-0.39, 0.29) is 46.5 Å². The Balaban J connectivity index is 1.37. The number of ether oxygens (including phenoxy) is 1. The molecule has 5 aromatic rings. The molecule has 1 aliphatic carbocycles. The first-order valence-corrected chi connectivity index (χ1v) is 17.5. The molecule has 7 rings (SSSR count). The molecule has 1 saturated carbocycles. The van der Waals surface area contributed by atoms with Crippen LogP contribution in [0, 0.1) is 25.1 Å². The van der Waals surface area contributed by atoms with Crippen molar-refractivity contribution in [2.75, 3.05) is 11.3 Å². The minimum absolute atomic E-state index is 0.0198. The van der Waals surface area contributed by atoms with Crippen LogP contribution in [-0.4, -0.2) is 46.8 Å². The number of benzene rings is 2. The number of fused-ring (bicyclic) bond motifs is 5. The van der Waals surface area contributed by atoms with Gasteiger partial charge in [-0.3, -0.25) is 4.79 Å². The maximum atomic E-state index is 15.6. The number of carbonyl (C=O) groups is 1. The molecule has 0 radical (unpaired) electrons. The zero-order valence-corrected chi connectivity index (χ0v) is 28.0. The lowest BCUT2D eigenvalue weighted by Crippen LogP contribution is -2.45. The number of aromatic nitrogens is 3. The van der Waals surface area contributed by atoms with Crippen molar-refractivity contribution in [1.82, 2.24) is 19.9 Å². The highest BCUT2D eigenvalue weighted by molar-refractivity contribution is 7.92. The van der Waals surface area contributed by atoms with E-state index in [9.17, 15) is 13.2 Å². The standard InChI is InChI=1S/C36H36FN5O5S/c1-5-25-15-28-31(47-25)16-27(37)30(38-28)19-42-24(18-36(4)12-13-36)20-46-32-17-29(33-21(2)8-6-9-22(33)3)39-35(40-32)41-48(44,45)26-11-7-10-23(14-26)34(42)43/h6-11,14-17,24H,5,12-13,18-20H2,1-4H3,(H,39,40,41)/t24-/m1/s1. The predicted molar refractivity (Wildman–Crippen MR) is 179 cm³/mol. The molecule has 4 bridgehead atoms. The van der Waals surface area contributed by atoms with Crippen LogP contribution in [0.1, 0.15) is 66.0 Å². The summed E-state index contributed by atoms with van der Waals surface area (Å²) in [4.78, 5) is 29.4. The molecule has 10 nitrogen and oxygen atoms in total. The molecule has 0 spiro atoms. The number of halogens is 1. The first kappa shape index (κ1) is 31.7. The van der Waals surface area contributed by atoms with Crippen LogP contribution in [-0.2, 0) is 23.0 Å². The maximum absolute atomic E-state index is 15.6. The lowest BCUT2D eigenvalue weighted by Gasteiger charge is -2.33. The Labute approximate surface area is 278 Å². The summed E-state index contributed by atoms with van der Waals surface area (Å²) in [6.45, 7) is 7.84. The minimum Gasteiger partial charge on any atom is -0.475 e. The van der Waals surface area contributed by atoms with Gasteiger partial charge in [-0.25, -0.2) is 27.5 Å². The molecular formula is C36H36FN5O5S. The summed E-state index contributed by atoms with van der Waals surface area (Å²) in [6.07, 6.45) is 3.15. The van der Waals surface area contributed by atoms with E-state index < -0.39 is 27.8 Å². The number of rotatable bonds is 6. The number of carbonyl (C=O) groups excluding carboxylic acids is 1. The summed E-state index contributed by atoms with van der Waals surface area (Å²) in [6, 6.07) is 15.8. The molecule has 3 aromatic heterocycles. The number of anilines is 1. The second-order valence-corrected chi connectivity index (χ2v) is 14.8. The number of pyridine rings is 1. The van der Waals surface area contributed by atoms with Gasteiger partial charge < -0.3 is 14.1 Å². The molecule has 248 valence electrons. The highest BCUT2D eigenvalue weighted by Crippen LogP contribution is 2.49. The summed E-state index contributed by atoms with van der Waals surface area (Å²) in [7, 11) is -4.23. The molecule has 4 heterocycles. The van der Waals surface area contributed by atoms with Crippen molar-refractivity contribution in [2.24, 2.45) is 5.41 Å². The van der Waals surface area contributed by atoms with Crippen LogP contribution in [0.2, 0.25) is 0 Å². The minimum atomic E-state index is -4.23. The second kappa shape index (κ2) is 12.0. The molecule has 1 atom stereocenters. The van der Waals surface area contributed by atoms with Crippen molar-refractivity contribution in [3.05, 3.63) is 94.6 Å². The molecule has 12 heteroatoms. The largest absolute Gasteiger partial charge is 0.475 e. The van der Waals surface area contributed by atoms with Crippen LogP contribution in [0.15, 0.2) is 70.0 Å². The SMILES string of the molecule is CCc1cc2nc(CN3C(=O)c4cccc(c4)S(=O)(=O)Nc4nc(cc(-c5c(C)cccc5C)n4)OC[C@H]3CC3(C)CC3)c(F)cc2o1. The fraction of sp³-hybridized carbons (Fsp3) is 0.333. The Hall–Kier alpha value is -4.84. The average molecular weight is 670 g/mol. The van der Waals surface area contributed by atoms with Crippen molar-refractivity contribution in [2.45, 2.75) is 70.9 Å². The van der Waals surface area contributed by atoms with Gasteiger partial charge in [-0.2, -0.15) is 4.98 Å². The molecule has 1 N–H and O–H groups in total. The van der Waals surface area contributed by atoms with Crippen molar-refractivity contribution in [3.63, 3.8) is 0 Å². The normalized spacial score (nSPS) is 18.3. The van der Waals surface area contributed by atoms with Gasteiger partial charge >= 0.3 is 0 Å². The lowest BCUT2D eigenvalue weighted by molar-refractivity contribution is 0.0534. The Bertz CT molecular complexity index is 2160. The van der Waals surface area contributed by atoms with E-state index in [1.165, 1.54) is 24.3 Å². The smallest absolute Gasteiger partial charge is 0.264 e.